The summed E-state index contributed by atoms with van der Waals surface area (Å²) in [5.74, 6) is 0.734. The van der Waals surface area contributed by atoms with Crippen molar-refractivity contribution in [2.75, 3.05) is 0 Å². The first-order valence-electron chi connectivity index (χ1n) is 3.67. The van der Waals surface area contributed by atoms with Gasteiger partial charge in [0.15, 0.2) is 11.5 Å². The van der Waals surface area contributed by atoms with Gasteiger partial charge in [-0.1, -0.05) is 0 Å². The number of aryl methyl sites for hydroxylation is 1. The molecule has 2 aromatic rings. The third kappa shape index (κ3) is 0.947. The van der Waals surface area contributed by atoms with Crippen LogP contribution < -0.4 is 5.73 Å². The van der Waals surface area contributed by atoms with Crippen LogP contribution in [-0.4, -0.2) is 19.6 Å². The standard InChI is InChI=1S/C7H9N5/c1-5-2-6-10-11-7(3-8)12(6)4-9-5/h2,4H,3,8H2,1H3. The summed E-state index contributed by atoms with van der Waals surface area (Å²) >= 11 is 0. The van der Waals surface area contributed by atoms with Crippen molar-refractivity contribution in [3.05, 3.63) is 23.9 Å². The van der Waals surface area contributed by atoms with Crippen LogP contribution >= 0.6 is 0 Å². The van der Waals surface area contributed by atoms with Gasteiger partial charge in [-0.05, 0) is 6.92 Å². The summed E-state index contributed by atoms with van der Waals surface area (Å²) in [5, 5.41) is 7.85. The van der Waals surface area contributed by atoms with Crippen molar-refractivity contribution in [2.45, 2.75) is 13.5 Å². The largest absolute Gasteiger partial charge is 0.324 e. The lowest BCUT2D eigenvalue weighted by Gasteiger charge is -1.95. The number of hydrogen-bond acceptors (Lipinski definition) is 4. The summed E-state index contributed by atoms with van der Waals surface area (Å²) in [5.41, 5.74) is 7.17. The molecule has 5 nitrogen and oxygen atoms in total. The maximum absolute atomic E-state index is 5.45. The van der Waals surface area contributed by atoms with Crippen LogP contribution in [0.2, 0.25) is 0 Å². The number of fused-ring (bicyclic) bond motifs is 1. The van der Waals surface area contributed by atoms with Gasteiger partial charge in [0.05, 0.1) is 6.54 Å². The van der Waals surface area contributed by atoms with Crippen molar-refractivity contribution in [3.8, 4) is 0 Å². The third-order valence-electron chi connectivity index (χ3n) is 1.69. The second-order valence-corrected chi connectivity index (χ2v) is 2.58. The molecular formula is C7H9N5. The van der Waals surface area contributed by atoms with Crippen molar-refractivity contribution >= 4 is 5.65 Å². The van der Waals surface area contributed by atoms with Gasteiger partial charge in [-0.3, -0.25) is 4.40 Å². The molecule has 0 aliphatic rings. The minimum Gasteiger partial charge on any atom is -0.324 e. The third-order valence-corrected chi connectivity index (χ3v) is 1.69. The van der Waals surface area contributed by atoms with Gasteiger partial charge in [-0.25, -0.2) is 4.98 Å². The summed E-state index contributed by atoms with van der Waals surface area (Å²) in [6.07, 6.45) is 1.69. The fourth-order valence-corrected chi connectivity index (χ4v) is 1.07. The maximum Gasteiger partial charge on any atom is 0.163 e. The Bertz CT molecular complexity index is 405. The van der Waals surface area contributed by atoms with Crippen molar-refractivity contribution < 1.29 is 0 Å². The first-order valence-corrected chi connectivity index (χ1v) is 3.67. The molecule has 2 aromatic heterocycles. The summed E-state index contributed by atoms with van der Waals surface area (Å²) in [6, 6.07) is 1.87. The van der Waals surface area contributed by atoms with Crippen LogP contribution in [0, 0.1) is 6.92 Å². The molecule has 0 saturated carbocycles. The first kappa shape index (κ1) is 7.17. The molecule has 0 saturated heterocycles. The lowest BCUT2D eigenvalue weighted by molar-refractivity contribution is 0.869. The van der Waals surface area contributed by atoms with E-state index in [9.17, 15) is 0 Å². The summed E-state index contributed by atoms with van der Waals surface area (Å²) in [7, 11) is 0. The molecule has 0 aliphatic carbocycles. The minimum atomic E-state index is 0.381. The second-order valence-electron chi connectivity index (χ2n) is 2.58. The predicted octanol–water partition coefficient (Wildman–Crippen LogP) is -0.109. The van der Waals surface area contributed by atoms with Crippen LogP contribution in [0.15, 0.2) is 12.4 Å². The molecule has 0 unspecified atom stereocenters. The Morgan fingerprint density at radius 3 is 3.08 bits per heavy atom. The Kier molecular flexibility index (Phi) is 1.51. The summed E-state index contributed by atoms with van der Waals surface area (Å²) in [4.78, 5) is 4.12. The SMILES string of the molecule is Cc1cc2nnc(CN)n2cn1. The number of nitrogens with two attached hydrogens (primary N) is 1. The molecule has 0 atom stereocenters. The van der Waals surface area contributed by atoms with E-state index < -0.39 is 0 Å². The van der Waals surface area contributed by atoms with Crippen LogP contribution in [-0.2, 0) is 6.54 Å². The van der Waals surface area contributed by atoms with E-state index in [0.29, 0.717) is 6.54 Å². The topological polar surface area (TPSA) is 69.1 Å². The highest BCUT2D eigenvalue weighted by atomic mass is 15.3. The van der Waals surface area contributed by atoms with Crippen LogP contribution in [0.25, 0.3) is 5.65 Å². The molecule has 0 bridgehead atoms. The molecule has 0 aromatic carbocycles. The number of hydrogen-bond donors (Lipinski definition) is 1. The summed E-state index contributed by atoms with van der Waals surface area (Å²) < 4.78 is 1.78. The van der Waals surface area contributed by atoms with E-state index in [2.05, 4.69) is 15.2 Å². The van der Waals surface area contributed by atoms with Gasteiger partial charge in [0, 0.05) is 11.8 Å². The lowest BCUT2D eigenvalue weighted by Crippen LogP contribution is -2.02. The van der Waals surface area contributed by atoms with E-state index in [1.54, 1.807) is 10.7 Å². The van der Waals surface area contributed by atoms with Crippen LogP contribution in [0.1, 0.15) is 11.5 Å². The summed E-state index contributed by atoms with van der Waals surface area (Å²) in [6.45, 7) is 2.29. The molecule has 2 rings (SSSR count). The van der Waals surface area contributed by atoms with Crippen LogP contribution in [0.5, 0.6) is 0 Å². The van der Waals surface area contributed by atoms with Gasteiger partial charge in [-0.15, -0.1) is 10.2 Å². The smallest absolute Gasteiger partial charge is 0.163 e. The Morgan fingerprint density at radius 2 is 2.33 bits per heavy atom. The van der Waals surface area contributed by atoms with E-state index in [0.717, 1.165) is 17.2 Å². The fraction of sp³-hybridized carbons (Fsp3) is 0.286. The zero-order valence-electron chi connectivity index (χ0n) is 6.73. The van der Waals surface area contributed by atoms with E-state index in [4.69, 9.17) is 5.73 Å². The molecule has 0 radical (unpaired) electrons. The molecule has 5 heteroatoms. The maximum atomic E-state index is 5.45. The first-order chi connectivity index (χ1) is 5.81. The van der Waals surface area contributed by atoms with Gasteiger partial charge in [-0.2, -0.15) is 0 Å². The van der Waals surface area contributed by atoms with Crippen molar-refractivity contribution in [1.29, 1.82) is 0 Å². The van der Waals surface area contributed by atoms with Crippen molar-refractivity contribution in [2.24, 2.45) is 5.73 Å². The highest BCUT2D eigenvalue weighted by Crippen LogP contribution is 2.02. The Balaban J connectivity index is 2.73. The van der Waals surface area contributed by atoms with Crippen LogP contribution in [0.4, 0.5) is 0 Å². The van der Waals surface area contributed by atoms with Crippen molar-refractivity contribution in [1.82, 2.24) is 19.6 Å². The normalized spacial score (nSPS) is 10.8. The molecule has 0 amide bonds. The lowest BCUT2D eigenvalue weighted by atomic mass is 10.4. The van der Waals surface area contributed by atoms with Gasteiger partial charge in [0.2, 0.25) is 0 Å². The molecule has 0 spiro atoms. The van der Waals surface area contributed by atoms with Gasteiger partial charge < -0.3 is 5.73 Å². The van der Waals surface area contributed by atoms with E-state index in [1.165, 1.54) is 0 Å². The van der Waals surface area contributed by atoms with Gasteiger partial charge in [0.25, 0.3) is 0 Å². The Morgan fingerprint density at radius 1 is 1.50 bits per heavy atom. The zero-order valence-corrected chi connectivity index (χ0v) is 6.73. The van der Waals surface area contributed by atoms with Crippen molar-refractivity contribution in [3.63, 3.8) is 0 Å². The van der Waals surface area contributed by atoms with Gasteiger partial charge >= 0.3 is 0 Å². The Hall–Kier alpha value is -1.49. The fourth-order valence-electron chi connectivity index (χ4n) is 1.07. The minimum absolute atomic E-state index is 0.381. The van der Waals surface area contributed by atoms with E-state index in [-0.39, 0.29) is 0 Å². The molecular weight excluding hydrogens is 154 g/mol. The molecule has 0 aliphatic heterocycles. The highest BCUT2D eigenvalue weighted by molar-refractivity contribution is 5.37. The average molecular weight is 163 g/mol. The van der Waals surface area contributed by atoms with Gasteiger partial charge in [0.1, 0.15) is 6.33 Å². The molecule has 2 heterocycles. The number of aromatic nitrogens is 4. The highest BCUT2D eigenvalue weighted by Gasteiger charge is 2.02. The predicted molar refractivity (Wildman–Crippen MR) is 43.4 cm³/mol. The zero-order chi connectivity index (χ0) is 8.55. The van der Waals surface area contributed by atoms with E-state index in [1.807, 2.05) is 13.0 Å². The molecule has 2 N–H and O–H groups in total. The molecule has 12 heavy (non-hydrogen) atoms. The Labute approximate surface area is 69.2 Å². The number of nitrogens with zero attached hydrogens (tertiary/aromatic N) is 4. The quantitative estimate of drug-likeness (QED) is 0.637. The monoisotopic (exact) mass is 163 g/mol. The molecule has 0 fully saturated rings. The second kappa shape index (κ2) is 2.53. The number of rotatable bonds is 1. The van der Waals surface area contributed by atoms with E-state index >= 15 is 0 Å². The van der Waals surface area contributed by atoms with Crippen LogP contribution in [0.3, 0.4) is 0 Å². The molecule has 62 valence electrons. The average Bonchev–Trinajstić information content (AvgIpc) is 2.46.